The predicted octanol–water partition coefficient (Wildman–Crippen LogP) is 2.11. The summed E-state index contributed by atoms with van der Waals surface area (Å²) in [6, 6.07) is 10.9. The van der Waals surface area contributed by atoms with Crippen LogP contribution in [0.5, 0.6) is 0 Å². The summed E-state index contributed by atoms with van der Waals surface area (Å²) in [5.41, 5.74) is 1.31. The normalized spacial score (nSPS) is 13.7. The van der Waals surface area contributed by atoms with Crippen molar-refractivity contribution in [3.05, 3.63) is 35.9 Å². The van der Waals surface area contributed by atoms with Crippen molar-refractivity contribution < 1.29 is 0 Å². The maximum atomic E-state index is 4.26. The minimum atomic E-state index is 0.328. The number of benzene rings is 1. The maximum Gasteiger partial charge on any atom is 0.191 e. The Kier molecular flexibility index (Phi) is 7.09. The first-order chi connectivity index (χ1) is 9.54. The topological polar surface area (TPSA) is 39.7 Å². The van der Waals surface area contributed by atoms with E-state index in [1.54, 1.807) is 0 Å². The molecule has 0 saturated carbocycles. The van der Waals surface area contributed by atoms with Crippen molar-refractivity contribution in [3.8, 4) is 0 Å². The van der Waals surface area contributed by atoms with Crippen molar-refractivity contribution in [3.63, 3.8) is 0 Å². The highest BCUT2D eigenvalue weighted by Crippen LogP contribution is 2.16. The molecule has 0 radical (unpaired) electrons. The van der Waals surface area contributed by atoms with Crippen LogP contribution in [0.25, 0.3) is 0 Å². The van der Waals surface area contributed by atoms with Crippen LogP contribution >= 0.6 is 0 Å². The van der Waals surface area contributed by atoms with E-state index < -0.39 is 0 Å². The summed E-state index contributed by atoms with van der Waals surface area (Å²) < 4.78 is 0. The quantitative estimate of drug-likeness (QED) is 0.617. The number of nitrogens with one attached hydrogen (secondary N) is 2. The summed E-state index contributed by atoms with van der Waals surface area (Å²) in [4.78, 5) is 6.48. The van der Waals surface area contributed by atoms with E-state index >= 15 is 0 Å². The Morgan fingerprint density at radius 3 is 2.20 bits per heavy atom. The first-order valence-electron chi connectivity index (χ1n) is 7.20. The summed E-state index contributed by atoms with van der Waals surface area (Å²) in [7, 11) is 6.01. The monoisotopic (exact) mass is 276 g/mol. The van der Waals surface area contributed by atoms with E-state index in [0.29, 0.717) is 12.0 Å². The molecule has 0 aliphatic heterocycles. The highest BCUT2D eigenvalue weighted by molar-refractivity contribution is 5.79. The standard InChI is InChI=1S/C16H28N4/c1-13(2)11-18-16(17-3)19-12-15(20(4)5)14-9-7-6-8-10-14/h6-10,13,15H,11-12H2,1-5H3,(H2,17,18,19). The van der Waals surface area contributed by atoms with Gasteiger partial charge in [-0.3, -0.25) is 4.99 Å². The lowest BCUT2D eigenvalue weighted by atomic mass is 10.1. The van der Waals surface area contributed by atoms with Gasteiger partial charge in [-0.05, 0) is 25.6 Å². The third-order valence-electron chi connectivity index (χ3n) is 3.17. The molecule has 4 nitrogen and oxygen atoms in total. The number of rotatable bonds is 6. The second-order valence-electron chi connectivity index (χ2n) is 5.62. The molecule has 0 aliphatic rings. The van der Waals surface area contributed by atoms with E-state index in [1.807, 2.05) is 13.1 Å². The average molecular weight is 276 g/mol. The second-order valence-corrected chi connectivity index (χ2v) is 5.62. The average Bonchev–Trinajstić information content (AvgIpc) is 2.43. The largest absolute Gasteiger partial charge is 0.356 e. The second kappa shape index (κ2) is 8.59. The smallest absolute Gasteiger partial charge is 0.191 e. The van der Waals surface area contributed by atoms with Gasteiger partial charge in [0.1, 0.15) is 0 Å². The lowest BCUT2D eigenvalue weighted by molar-refractivity contribution is 0.298. The van der Waals surface area contributed by atoms with E-state index in [2.05, 4.69) is 72.7 Å². The van der Waals surface area contributed by atoms with Gasteiger partial charge in [-0.1, -0.05) is 44.2 Å². The predicted molar refractivity (Wildman–Crippen MR) is 87.1 cm³/mol. The molecule has 1 atom stereocenters. The molecule has 1 aromatic carbocycles. The molecule has 2 N–H and O–H groups in total. The SMILES string of the molecule is CN=C(NCC(C)C)NCC(c1ccccc1)N(C)C. The third-order valence-corrected chi connectivity index (χ3v) is 3.17. The summed E-state index contributed by atoms with van der Waals surface area (Å²) in [5, 5.41) is 6.74. The molecule has 0 heterocycles. The van der Waals surface area contributed by atoms with Crippen molar-refractivity contribution in [2.75, 3.05) is 34.2 Å². The van der Waals surface area contributed by atoms with Crippen LogP contribution in [0.15, 0.2) is 35.3 Å². The number of likely N-dealkylation sites (N-methyl/N-ethyl adjacent to an activating group) is 1. The molecule has 1 rings (SSSR count). The van der Waals surface area contributed by atoms with Crippen LogP contribution in [0.4, 0.5) is 0 Å². The Morgan fingerprint density at radius 2 is 1.70 bits per heavy atom. The third kappa shape index (κ3) is 5.61. The van der Waals surface area contributed by atoms with Gasteiger partial charge in [-0.25, -0.2) is 0 Å². The van der Waals surface area contributed by atoms with Crippen LogP contribution in [0.1, 0.15) is 25.5 Å². The highest BCUT2D eigenvalue weighted by atomic mass is 15.2. The fourth-order valence-electron chi connectivity index (χ4n) is 1.99. The fraction of sp³-hybridized carbons (Fsp3) is 0.562. The molecular weight excluding hydrogens is 248 g/mol. The minimum Gasteiger partial charge on any atom is -0.356 e. The molecule has 0 bridgehead atoms. The molecule has 0 spiro atoms. The molecule has 1 unspecified atom stereocenters. The summed E-state index contributed by atoms with van der Waals surface area (Å²) in [5.74, 6) is 1.47. The lowest BCUT2D eigenvalue weighted by Crippen LogP contribution is -2.42. The van der Waals surface area contributed by atoms with Crippen molar-refractivity contribution in [1.82, 2.24) is 15.5 Å². The van der Waals surface area contributed by atoms with Crippen molar-refractivity contribution >= 4 is 5.96 Å². The van der Waals surface area contributed by atoms with Gasteiger partial charge in [-0.15, -0.1) is 0 Å². The minimum absolute atomic E-state index is 0.328. The van der Waals surface area contributed by atoms with E-state index in [1.165, 1.54) is 5.56 Å². The van der Waals surface area contributed by atoms with Crippen molar-refractivity contribution in [2.24, 2.45) is 10.9 Å². The molecule has 0 saturated heterocycles. The Hall–Kier alpha value is -1.55. The van der Waals surface area contributed by atoms with Crippen LogP contribution in [0.3, 0.4) is 0 Å². The van der Waals surface area contributed by atoms with Crippen LogP contribution in [0.2, 0.25) is 0 Å². The Bertz CT molecular complexity index is 398. The van der Waals surface area contributed by atoms with Crippen molar-refractivity contribution in [2.45, 2.75) is 19.9 Å². The lowest BCUT2D eigenvalue weighted by Gasteiger charge is -2.26. The molecule has 0 fully saturated rings. The molecule has 0 aliphatic carbocycles. The summed E-state index contributed by atoms with van der Waals surface area (Å²) in [6.07, 6.45) is 0. The van der Waals surface area contributed by atoms with E-state index in [0.717, 1.165) is 19.0 Å². The summed E-state index contributed by atoms with van der Waals surface area (Å²) >= 11 is 0. The van der Waals surface area contributed by atoms with Gasteiger partial charge in [0.05, 0.1) is 6.04 Å². The zero-order valence-corrected chi connectivity index (χ0v) is 13.4. The number of guanidine groups is 1. The van der Waals surface area contributed by atoms with E-state index in [9.17, 15) is 0 Å². The first-order valence-corrected chi connectivity index (χ1v) is 7.20. The highest BCUT2D eigenvalue weighted by Gasteiger charge is 2.14. The number of hydrogen-bond acceptors (Lipinski definition) is 2. The Morgan fingerprint density at radius 1 is 1.10 bits per heavy atom. The molecule has 4 heteroatoms. The first kappa shape index (κ1) is 16.5. The molecule has 20 heavy (non-hydrogen) atoms. The van der Waals surface area contributed by atoms with Gasteiger partial charge >= 0.3 is 0 Å². The van der Waals surface area contributed by atoms with Gasteiger partial charge in [0.2, 0.25) is 0 Å². The van der Waals surface area contributed by atoms with Crippen LogP contribution < -0.4 is 10.6 Å². The van der Waals surface area contributed by atoms with Gasteiger partial charge in [0, 0.05) is 20.1 Å². The van der Waals surface area contributed by atoms with Crippen LogP contribution in [0, 0.1) is 5.92 Å². The van der Waals surface area contributed by atoms with Gasteiger partial charge in [0.15, 0.2) is 5.96 Å². The number of aliphatic imine (C=N–C) groups is 1. The fourth-order valence-corrected chi connectivity index (χ4v) is 1.99. The van der Waals surface area contributed by atoms with E-state index in [4.69, 9.17) is 0 Å². The Labute approximate surface area is 123 Å². The van der Waals surface area contributed by atoms with Gasteiger partial charge in [0.25, 0.3) is 0 Å². The molecule has 0 amide bonds. The van der Waals surface area contributed by atoms with Crippen LogP contribution in [-0.2, 0) is 0 Å². The van der Waals surface area contributed by atoms with Crippen molar-refractivity contribution in [1.29, 1.82) is 0 Å². The molecular formula is C16H28N4. The molecule has 0 aromatic heterocycles. The van der Waals surface area contributed by atoms with Crippen LogP contribution in [-0.4, -0.2) is 45.1 Å². The van der Waals surface area contributed by atoms with E-state index in [-0.39, 0.29) is 0 Å². The summed E-state index contributed by atoms with van der Waals surface area (Å²) in [6.45, 7) is 6.13. The molecule has 112 valence electrons. The zero-order valence-electron chi connectivity index (χ0n) is 13.4. The van der Waals surface area contributed by atoms with Gasteiger partial charge < -0.3 is 15.5 Å². The zero-order chi connectivity index (χ0) is 15.0. The van der Waals surface area contributed by atoms with Gasteiger partial charge in [-0.2, -0.15) is 0 Å². The number of hydrogen-bond donors (Lipinski definition) is 2. The molecule has 1 aromatic rings. The number of nitrogens with zero attached hydrogens (tertiary/aromatic N) is 2. The Balaban J connectivity index is 2.59. The maximum absolute atomic E-state index is 4.26.